The zero-order valence-corrected chi connectivity index (χ0v) is 15.1. The van der Waals surface area contributed by atoms with Crippen molar-refractivity contribution in [3.05, 3.63) is 23.8 Å². The summed E-state index contributed by atoms with van der Waals surface area (Å²) in [5, 5.41) is 2.75. The predicted molar refractivity (Wildman–Crippen MR) is 94.9 cm³/mol. The number of amides is 2. The summed E-state index contributed by atoms with van der Waals surface area (Å²) < 4.78 is 10.8. The van der Waals surface area contributed by atoms with Crippen LogP contribution in [0, 0.1) is 0 Å². The number of carbonyl (C=O) groups is 2. The second kappa shape index (κ2) is 8.71. The molecule has 1 aromatic rings. The highest BCUT2D eigenvalue weighted by atomic mass is 16.5. The molecule has 1 heterocycles. The van der Waals surface area contributed by atoms with Crippen LogP contribution in [0.5, 0.6) is 11.5 Å². The number of likely N-dealkylation sites (tertiary alicyclic amines) is 1. The summed E-state index contributed by atoms with van der Waals surface area (Å²) in [6, 6.07) is 5.13. The van der Waals surface area contributed by atoms with E-state index >= 15 is 0 Å². The number of carbonyl (C=O) groups excluding carboxylic acids is 2. The molecule has 2 rings (SSSR count). The fourth-order valence-electron chi connectivity index (χ4n) is 2.94. The Morgan fingerprint density at radius 1 is 1.36 bits per heavy atom. The molecule has 1 unspecified atom stereocenters. The molecule has 0 aromatic heterocycles. The Morgan fingerprint density at radius 2 is 2.12 bits per heavy atom. The minimum Gasteiger partial charge on any atom is -0.493 e. The summed E-state index contributed by atoms with van der Waals surface area (Å²) in [5.74, 6) is 0.580. The number of rotatable bonds is 7. The molecule has 0 aliphatic carbocycles. The Bertz CT molecular complexity index is 618. The van der Waals surface area contributed by atoms with Crippen molar-refractivity contribution in [1.29, 1.82) is 0 Å². The summed E-state index contributed by atoms with van der Waals surface area (Å²) >= 11 is 0. The topological polar surface area (TPSA) is 93.9 Å². The van der Waals surface area contributed by atoms with Crippen LogP contribution in [0.4, 0.5) is 0 Å². The molecule has 0 bridgehead atoms. The van der Waals surface area contributed by atoms with E-state index in [4.69, 9.17) is 15.2 Å². The highest BCUT2D eigenvalue weighted by Crippen LogP contribution is 2.29. The second-order valence-electron chi connectivity index (χ2n) is 6.41. The molecule has 1 saturated heterocycles. The van der Waals surface area contributed by atoms with E-state index < -0.39 is 0 Å². The minimum absolute atomic E-state index is 0.0499. The summed E-state index contributed by atoms with van der Waals surface area (Å²) in [6.45, 7) is 4.84. The van der Waals surface area contributed by atoms with Gasteiger partial charge < -0.3 is 25.4 Å². The number of benzene rings is 1. The highest BCUT2D eigenvalue weighted by Gasteiger charge is 2.28. The third-order valence-electron chi connectivity index (χ3n) is 4.13. The van der Waals surface area contributed by atoms with E-state index in [1.165, 1.54) is 7.11 Å². The SMILES string of the molecule is COc1cc(C(=O)N2CCCC2CN)ccc1OCC(=O)NC(C)C. The number of methoxy groups -OCH3 is 1. The summed E-state index contributed by atoms with van der Waals surface area (Å²) in [6.07, 6.45) is 1.91. The average Bonchev–Trinajstić information content (AvgIpc) is 3.07. The molecule has 7 nitrogen and oxygen atoms in total. The first-order valence-electron chi connectivity index (χ1n) is 8.57. The molecule has 1 aliphatic heterocycles. The molecule has 25 heavy (non-hydrogen) atoms. The molecule has 1 aromatic carbocycles. The van der Waals surface area contributed by atoms with Gasteiger partial charge in [-0.15, -0.1) is 0 Å². The van der Waals surface area contributed by atoms with E-state index in [0.29, 0.717) is 23.6 Å². The zero-order valence-electron chi connectivity index (χ0n) is 15.1. The summed E-state index contributed by atoms with van der Waals surface area (Å²) in [4.78, 5) is 26.2. The van der Waals surface area contributed by atoms with E-state index in [9.17, 15) is 9.59 Å². The van der Waals surface area contributed by atoms with Crippen LogP contribution in [0.2, 0.25) is 0 Å². The van der Waals surface area contributed by atoms with Gasteiger partial charge in [-0.25, -0.2) is 0 Å². The third-order valence-corrected chi connectivity index (χ3v) is 4.13. The van der Waals surface area contributed by atoms with Crippen LogP contribution in [0.1, 0.15) is 37.0 Å². The largest absolute Gasteiger partial charge is 0.493 e. The highest BCUT2D eigenvalue weighted by molar-refractivity contribution is 5.95. The molecule has 7 heteroatoms. The van der Waals surface area contributed by atoms with Crippen molar-refractivity contribution < 1.29 is 19.1 Å². The van der Waals surface area contributed by atoms with Gasteiger partial charge in [-0.1, -0.05) is 0 Å². The molecular formula is C18H27N3O4. The molecule has 1 atom stereocenters. The minimum atomic E-state index is -0.208. The van der Waals surface area contributed by atoms with Crippen LogP contribution in [0.25, 0.3) is 0 Å². The van der Waals surface area contributed by atoms with Gasteiger partial charge in [0.1, 0.15) is 0 Å². The molecule has 0 spiro atoms. The predicted octanol–water partition coefficient (Wildman–Crippen LogP) is 1.16. The van der Waals surface area contributed by atoms with Crippen molar-refractivity contribution in [3.63, 3.8) is 0 Å². The van der Waals surface area contributed by atoms with E-state index in [1.807, 2.05) is 18.7 Å². The monoisotopic (exact) mass is 349 g/mol. The van der Waals surface area contributed by atoms with Crippen LogP contribution in [-0.4, -0.2) is 55.6 Å². The maximum absolute atomic E-state index is 12.7. The van der Waals surface area contributed by atoms with Gasteiger partial charge in [0, 0.05) is 30.7 Å². The molecule has 1 fully saturated rings. The summed E-state index contributed by atoms with van der Waals surface area (Å²) in [7, 11) is 1.50. The van der Waals surface area contributed by atoms with Gasteiger partial charge in [-0.05, 0) is 44.9 Å². The van der Waals surface area contributed by atoms with E-state index in [2.05, 4.69) is 5.32 Å². The number of hydrogen-bond acceptors (Lipinski definition) is 5. The van der Waals surface area contributed by atoms with Gasteiger partial charge in [-0.3, -0.25) is 9.59 Å². The van der Waals surface area contributed by atoms with Crippen molar-refractivity contribution in [1.82, 2.24) is 10.2 Å². The van der Waals surface area contributed by atoms with Crippen molar-refractivity contribution >= 4 is 11.8 Å². The Balaban J connectivity index is 2.08. The molecule has 1 aliphatic rings. The molecule has 2 amide bonds. The summed E-state index contributed by atoms with van der Waals surface area (Å²) in [5.41, 5.74) is 6.27. The quantitative estimate of drug-likeness (QED) is 0.770. The number of hydrogen-bond donors (Lipinski definition) is 2. The number of nitrogens with zero attached hydrogens (tertiary/aromatic N) is 1. The Morgan fingerprint density at radius 3 is 2.76 bits per heavy atom. The fourth-order valence-corrected chi connectivity index (χ4v) is 2.94. The third kappa shape index (κ3) is 4.85. The smallest absolute Gasteiger partial charge is 0.258 e. The molecule has 0 radical (unpaired) electrons. The molecule has 3 N–H and O–H groups in total. The van der Waals surface area contributed by atoms with E-state index in [0.717, 1.165) is 19.4 Å². The van der Waals surface area contributed by atoms with Gasteiger partial charge >= 0.3 is 0 Å². The fraction of sp³-hybridized carbons (Fsp3) is 0.556. The lowest BCUT2D eigenvalue weighted by molar-refractivity contribution is -0.123. The Labute approximate surface area is 148 Å². The molecular weight excluding hydrogens is 322 g/mol. The lowest BCUT2D eigenvalue weighted by atomic mass is 10.1. The maximum atomic E-state index is 12.7. The molecule has 0 saturated carbocycles. The van der Waals surface area contributed by atoms with Gasteiger partial charge in [0.25, 0.3) is 11.8 Å². The lowest BCUT2D eigenvalue weighted by Crippen LogP contribution is -2.39. The van der Waals surface area contributed by atoms with Crippen molar-refractivity contribution in [2.45, 2.75) is 38.8 Å². The Kier molecular flexibility index (Phi) is 6.64. The molecule has 138 valence electrons. The second-order valence-corrected chi connectivity index (χ2v) is 6.41. The standard InChI is InChI=1S/C18H27N3O4/c1-12(2)20-17(22)11-25-15-7-6-13(9-16(15)24-3)18(23)21-8-4-5-14(21)10-19/h6-7,9,12,14H,4-5,8,10-11,19H2,1-3H3,(H,20,22). The van der Waals surface area contributed by atoms with Crippen molar-refractivity contribution in [3.8, 4) is 11.5 Å². The average molecular weight is 349 g/mol. The van der Waals surface area contributed by atoms with Gasteiger partial charge in [0.15, 0.2) is 18.1 Å². The maximum Gasteiger partial charge on any atom is 0.258 e. The van der Waals surface area contributed by atoms with Crippen LogP contribution in [-0.2, 0) is 4.79 Å². The van der Waals surface area contributed by atoms with Gasteiger partial charge in [0.2, 0.25) is 0 Å². The van der Waals surface area contributed by atoms with E-state index in [-0.39, 0.29) is 30.5 Å². The van der Waals surface area contributed by atoms with Crippen LogP contribution in [0.15, 0.2) is 18.2 Å². The Hall–Kier alpha value is -2.28. The van der Waals surface area contributed by atoms with Gasteiger partial charge in [0.05, 0.1) is 7.11 Å². The van der Waals surface area contributed by atoms with Crippen molar-refractivity contribution in [2.75, 3.05) is 26.8 Å². The first-order valence-corrected chi connectivity index (χ1v) is 8.57. The van der Waals surface area contributed by atoms with E-state index in [1.54, 1.807) is 18.2 Å². The van der Waals surface area contributed by atoms with Crippen LogP contribution >= 0.6 is 0 Å². The number of nitrogens with one attached hydrogen (secondary N) is 1. The van der Waals surface area contributed by atoms with Crippen LogP contribution in [0.3, 0.4) is 0 Å². The lowest BCUT2D eigenvalue weighted by Gasteiger charge is -2.24. The van der Waals surface area contributed by atoms with Crippen LogP contribution < -0.4 is 20.5 Å². The number of ether oxygens (including phenoxy) is 2. The first kappa shape index (κ1) is 19.1. The normalized spacial score (nSPS) is 16.8. The van der Waals surface area contributed by atoms with Gasteiger partial charge in [-0.2, -0.15) is 0 Å². The zero-order chi connectivity index (χ0) is 18.4. The van der Waals surface area contributed by atoms with Crippen molar-refractivity contribution in [2.24, 2.45) is 5.73 Å². The first-order chi connectivity index (χ1) is 12.0. The number of nitrogens with two attached hydrogens (primary N) is 1.